The second kappa shape index (κ2) is 5.45. The molecule has 0 bridgehead atoms. The minimum absolute atomic E-state index is 0.148. The van der Waals surface area contributed by atoms with E-state index < -0.39 is 4.92 Å². The van der Waals surface area contributed by atoms with Crippen LogP contribution in [0.15, 0.2) is 18.2 Å². The van der Waals surface area contributed by atoms with Gasteiger partial charge in [0, 0.05) is 11.8 Å². The number of rotatable bonds is 5. The molecule has 0 spiro atoms. The first-order valence-corrected chi connectivity index (χ1v) is 5.63. The number of phenols is 1. The number of aromatic hydroxyl groups is 1. The van der Waals surface area contributed by atoms with E-state index in [1.54, 1.807) is 11.8 Å². The van der Waals surface area contributed by atoms with Crippen LogP contribution in [0.5, 0.6) is 11.5 Å². The fraction of sp³-hybridized carbons (Fsp3) is 0.333. The number of hydrogen-bond acceptors (Lipinski definition) is 5. The number of thioether (sulfide) groups is 1. The van der Waals surface area contributed by atoms with Gasteiger partial charge < -0.3 is 9.84 Å². The highest BCUT2D eigenvalue weighted by Crippen LogP contribution is 2.29. The molecule has 5 nitrogen and oxygen atoms in total. The zero-order valence-corrected chi connectivity index (χ0v) is 8.99. The van der Waals surface area contributed by atoms with Gasteiger partial charge in [0.15, 0.2) is 11.5 Å². The van der Waals surface area contributed by atoms with Crippen LogP contribution in [0.3, 0.4) is 0 Å². The van der Waals surface area contributed by atoms with Crippen molar-refractivity contribution in [3.8, 4) is 11.5 Å². The molecule has 0 atom stereocenters. The van der Waals surface area contributed by atoms with Gasteiger partial charge in [-0.25, -0.2) is 0 Å². The van der Waals surface area contributed by atoms with Crippen molar-refractivity contribution >= 4 is 17.4 Å². The normalized spacial score (nSPS) is 9.93. The smallest absolute Gasteiger partial charge is 0.273 e. The fourth-order valence-corrected chi connectivity index (χ4v) is 1.23. The van der Waals surface area contributed by atoms with Crippen LogP contribution in [0.25, 0.3) is 0 Å². The number of nitro benzene ring substituents is 1. The van der Waals surface area contributed by atoms with E-state index in [0.29, 0.717) is 6.61 Å². The van der Waals surface area contributed by atoms with Crippen molar-refractivity contribution in [3.63, 3.8) is 0 Å². The van der Waals surface area contributed by atoms with E-state index in [1.165, 1.54) is 12.1 Å². The maximum Gasteiger partial charge on any atom is 0.273 e. The predicted octanol–water partition coefficient (Wildman–Crippen LogP) is 2.04. The average molecular weight is 229 g/mol. The highest BCUT2D eigenvalue weighted by atomic mass is 32.2. The lowest BCUT2D eigenvalue weighted by molar-refractivity contribution is -0.385. The van der Waals surface area contributed by atoms with Crippen LogP contribution in [-0.2, 0) is 0 Å². The van der Waals surface area contributed by atoms with Gasteiger partial charge in [0.05, 0.1) is 17.6 Å². The van der Waals surface area contributed by atoms with Crippen molar-refractivity contribution in [1.82, 2.24) is 0 Å². The predicted molar refractivity (Wildman–Crippen MR) is 58.6 cm³/mol. The van der Waals surface area contributed by atoms with Gasteiger partial charge in [-0.2, -0.15) is 11.8 Å². The molecule has 82 valence electrons. The molecule has 1 aromatic rings. The second-order valence-electron chi connectivity index (χ2n) is 2.75. The van der Waals surface area contributed by atoms with E-state index in [2.05, 4.69) is 0 Å². The quantitative estimate of drug-likeness (QED) is 0.475. The Morgan fingerprint density at radius 1 is 1.60 bits per heavy atom. The number of ether oxygens (including phenoxy) is 1. The van der Waals surface area contributed by atoms with Gasteiger partial charge in [0.25, 0.3) is 5.69 Å². The van der Waals surface area contributed by atoms with Crippen LogP contribution in [0, 0.1) is 10.1 Å². The van der Waals surface area contributed by atoms with Crippen LogP contribution in [-0.4, -0.2) is 28.6 Å². The molecule has 0 fully saturated rings. The number of phenolic OH excluding ortho intramolecular Hbond substituents is 1. The van der Waals surface area contributed by atoms with Crippen molar-refractivity contribution < 1.29 is 14.8 Å². The molecule has 1 rings (SSSR count). The molecule has 6 heteroatoms. The first kappa shape index (κ1) is 11.6. The summed E-state index contributed by atoms with van der Waals surface area (Å²) in [7, 11) is 0. The van der Waals surface area contributed by atoms with Crippen LogP contribution < -0.4 is 4.74 Å². The third kappa shape index (κ3) is 3.32. The third-order valence-electron chi connectivity index (χ3n) is 1.70. The number of non-ortho nitro benzene ring substituents is 1. The molecule has 0 aliphatic rings. The molecule has 0 aromatic heterocycles. The third-order valence-corrected chi connectivity index (χ3v) is 2.27. The van der Waals surface area contributed by atoms with Gasteiger partial charge >= 0.3 is 0 Å². The van der Waals surface area contributed by atoms with E-state index in [1.807, 2.05) is 6.26 Å². The second-order valence-corrected chi connectivity index (χ2v) is 3.74. The zero-order valence-electron chi connectivity index (χ0n) is 8.17. The highest BCUT2D eigenvalue weighted by molar-refractivity contribution is 7.98. The first-order valence-electron chi connectivity index (χ1n) is 4.24. The summed E-state index contributed by atoms with van der Waals surface area (Å²) >= 11 is 1.62. The first-order chi connectivity index (χ1) is 7.15. The van der Waals surface area contributed by atoms with E-state index in [4.69, 9.17) is 4.74 Å². The Morgan fingerprint density at radius 2 is 2.33 bits per heavy atom. The van der Waals surface area contributed by atoms with E-state index in [0.717, 1.165) is 11.8 Å². The number of nitrogens with zero attached hydrogens (tertiary/aromatic N) is 1. The maximum atomic E-state index is 10.4. The Hall–Kier alpha value is -1.43. The summed E-state index contributed by atoms with van der Waals surface area (Å²) in [6.45, 7) is 0.465. The van der Waals surface area contributed by atoms with Crippen LogP contribution in [0.4, 0.5) is 5.69 Å². The Labute approximate surface area is 91.2 Å². The summed E-state index contributed by atoms with van der Waals surface area (Å²) < 4.78 is 5.22. The van der Waals surface area contributed by atoms with Crippen molar-refractivity contribution in [3.05, 3.63) is 28.3 Å². The van der Waals surface area contributed by atoms with Gasteiger partial charge in [0.1, 0.15) is 0 Å². The Morgan fingerprint density at radius 3 is 2.87 bits per heavy atom. The molecule has 0 saturated carbocycles. The topological polar surface area (TPSA) is 72.6 Å². The molecule has 0 amide bonds. The van der Waals surface area contributed by atoms with E-state index in [-0.39, 0.29) is 17.2 Å². The maximum absolute atomic E-state index is 10.4. The molecular weight excluding hydrogens is 218 g/mol. The summed E-state index contributed by atoms with van der Waals surface area (Å²) in [5.74, 6) is 0.871. The molecule has 0 aliphatic heterocycles. The Balaban J connectivity index is 2.70. The molecule has 0 unspecified atom stereocenters. The zero-order chi connectivity index (χ0) is 11.3. The van der Waals surface area contributed by atoms with E-state index in [9.17, 15) is 15.2 Å². The minimum Gasteiger partial charge on any atom is -0.504 e. The Bertz CT molecular complexity index is 356. The van der Waals surface area contributed by atoms with Crippen molar-refractivity contribution in [1.29, 1.82) is 0 Å². The molecule has 0 aliphatic carbocycles. The van der Waals surface area contributed by atoms with Gasteiger partial charge in [-0.3, -0.25) is 10.1 Å². The summed E-state index contributed by atoms with van der Waals surface area (Å²) in [5.41, 5.74) is -0.148. The van der Waals surface area contributed by atoms with Gasteiger partial charge in [-0.1, -0.05) is 0 Å². The van der Waals surface area contributed by atoms with Crippen LogP contribution in [0.1, 0.15) is 0 Å². The molecule has 1 aromatic carbocycles. The Kier molecular flexibility index (Phi) is 4.23. The highest BCUT2D eigenvalue weighted by Gasteiger charge is 2.10. The standard InChI is InChI=1S/C9H11NO4S/c1-15-5-4-14-9-3-2-7(10(12)13)6-8(9)11/h2-3,6,11H,4-5H2,1H3. The summed E-state index contributed by atoms with van der Waals surface area (Å²) in [6.07, 6.45) is 1.94. The van der Waals surface area contributed by atoms with Crippen LogP contribution in [0.2, 0.25) is 0 Å². The lowest BCUT2D eigenvalue weighted by atomic mass is 10.3. The summed E-state index contributed by atoms with van der Waals surface area (Å²) in [4.78, 5) is 9.81. The SMILES string of the molecule is CSCCOc1ccc([N+](=O)[O-])cc1O. The fourth-order valence-electron chi connectivity index (χ4n) is 0.976. The van der Waals surface area contributed by atoms with Gasteiger partial charge in [-0.05, 0) is 12.3 Å². The largest absolute Gasteiger partial charge is 0.504 e. The molecule has 0 saturated heterocycles. The molecule has 0 heterocycles. The molecule has 0 radical (unpaired) electrons. The van der Waals surface area contributed by atoms with Gasteiger partial charge in [-0.15, -0.1) is 0 Å². The average Bonchev–Trinajstić information content (AvgIpc) is 2.20. The summed E-state index contributed by atoms with van der Waals surface area (Å²) in [5, 5.41) is 19.8. The molecule has 15 heavy (non-hydrogen) atoms. The lowest BCUT2D eigenvalue weighted by Crippen LogP contribution is -2.00. The van der Waals surface area contributed by atoms with E-state index >= 15 is 0 Å². The number of benzene rings is 1. The van der Waals surface area contributed by atoms with Gasteiger partial charge in [0.2, 0.25) is 0 Å². The van der Waals surface area contributed by atoms with Crippen LogP contribution >= 0.6 is 11.8 Å². The minimum atomic E-state index is -0.564. The monoisotopic (exact) mass is 229 g/mol. The van der Waals surface area contributed by atoms with Crippen molar-refractivity contribution in [2.45, 2.75) is 0 Å². The molecule has 1 N–H and O–H groups in total. The van der Waals surface area contributed by atoms with Crippen molar-refractivity contribution in [2.75, 3.05) is 18.6 Å². The number of hydrogen-bond donors (Lipinski definition) is 1. The lowest BCUT2D eigenvalue weighted by Gasteiger charge is -2.06. The number of nitro groups is 1. The molecular formula is C9H11NO4S. The van der Waals surface area contributed by atoms with Crippen molar-refractivity contribution in [2.24, 2.45) is 0 Å². The summed E-state index contributed by atoms with van der Waals surface area (Å²) in [6, 6.07) is 3.77.